The number of sulfonamides is 1. The van der Waals surface area contributed by atoms with E-state index in [9.17, 15) is 8.42 Å². The van der Waals surface area contributed by atoms with Gasteiger partial charge in [0.2, 0.25) is 10.0 Å². The van der Waals surface area contributed by atoms with Crippen molar-refractivity contribution in [1.29, 1.82) is 5.26 Å². The fourth-order valence-corrected chi connectivity index (χ4v) is 3.85. The Kier molecular flexibility index (Phi) is 4.99. The fraction of sp³-hybridized carbons (Fsp3) is 0.533. The monoisotopic (exact) mass is 307 g/mol. The van der Waals surface area contributed by atoms with Gasteiger partial charge in [0.1, 0.15) is 0 Å². The van der Waals surface area contributed by atoms with Crippen molar-refractivity contribution >= 4 is 10.0 Å². The minimum atomic E-state index is -3.48. The molecule has 114 valence electrons. The van der Waals surface area contributed by atoms with Crippen LogP contribution in [0.5, 0.6) is 0 Å². The van der Waals surface area contributed by atoms with E-state index in [2.05, 4.69) is 23.6 Å². The highest BCUT2D eigenvalue weighted by atomic mass is 32.2. The Morgan fingerprint density at radius 1 is 1.38 bits per heavy atom. The summed E-state index contributed by atoms with van der Waals surface area (Å²) in [5.74, 6) is 0. The van der Waals surface area contributed by atoms with Crippen LogP contribution in [-0.2, 0) is 16.4 Å². The lowest BCUT2D eigenvalue weighted by molar-refractivity contribution is 0.178. The van der Waals surface area contributed by atoms with Crippen LogP contribution in [0.1, 0.15) is 25.3 Å². The molecule has 2 unspecified atom stereocenters. The first kappa shape index (κ1) is 16.0. The summed E-state index contributed by atoms with van der Waals surface area (Å²) in [4.78, 5) is 2.50. The van der Waals surface area contributed by atoms with Crippen molar-refractivity contribution in [2.45, 2.75) is 43.2 Å². The molecule has 1 aromatic carbocycles. The smallest absolute Gasteiger partial charge is 0.240 e. The number of nitrogens with one attached hydrogen (secondary N) is 1. The molecule has 0 amide bonds. The fourth-order valence-electron chi connectivity index (χ4n) is 2.56. The second-order valence-corrected chi connectivity index (χ2v) is 7.37. The molecule has 6 heteroatoms. The molecule has 0 saturated carbocycles. The second-order valence-electron chi connectivity index (χ2n) is 5.65. The zero-order valence-electron chi connectivity index (χ0n) is 12.4. The maximum absolute atomic E-state index is 12.4. The molecule has 0 spiro atoms. The van der Waals surface area contributed by atoms with Crippen molar-refractivity contribution in [2.24, 2.45) is 0 Å². The summed E-state index contributed by atoms with van der Waals surface area (Å²) in [6.45, 7) is 3.01. The Balaban J connectivity index is 2.06. The molecule has 0 radical (unpaired) electrons. The average molecular weight is 307 g/mol. The third kappa shape index (κ3) is 4.03. The number of rotatable bonds is 4. The normalized spacial score (nSPS) is 23.7. The van der Waals surface area contributed by atoms with E-state index in [4.69, 9.17) is 5.26 Å². The highest BCUT2D eigenvalue weighted by Crippen LogP contribution is 2.18. The number of likely N-dealkylation sites (tertiary alicyclic amines) is 1. The van der Waals surface area contributed by atoms with Gasteiger partial charge in [-0.2, -0.15) is 5.26 Å². The molecule has 1 saturated heterocycles. The van der Waals surface area contributed by atoms with Gasteiger partial charge in [-0.25, -0.2) is 13.1 Å². The third-order valence-electron chi connectivity index (χ3n) is 4.05. The number of benzene rings is 1. The van der Waals surface area contributed by atoms with Gasteiger partial charge in [-0.05, 0) is 51.1 Å². The van der Waals surface area contributed by atoms with Gasteiger partial charge in [-0.15, -0.1) is 0 Å². The van der Waals surface area contributed by atoms with Crippen molar-refractivity contribution in [3.05, 3.63) is 29.8 Å². The number of hydrogen-bond acceptors (Lipinski definition) is 4. The van der Waals surface area contributed by atoms with Gasteiger partial charge in [0.05, 0.1) is 17.4 Å². The van der Waals surface area contributed by atoms with Gasteiger partial charge >= 0.3 is 0 Å². The van der Waals surface area contributed by atoms with E-state index in [1.807, 2.05) is 6.07 Å². The van der Waals surface area contributed by atoms with E-state index in [0.717, 1.165) is 24.9 Å². The predicted octanol–water partition coefficient (Wildman–Crippen LogP) is 1.51. The lowest BCUT2D eigenvalue weighted by atomic mass is 10.0. The van der Waals surface area contributed by atoms with E-state index >= 15 is 0 Å². The summed E-state index contributed by atoms with van der Waals surface area (Å²) in [6.07, 6.45) is 1.94. The van der Waals surface area contributed by atoms with Crippen molar-refractivity contribution in [1.82, 2.24) is 9.62 Å². The second kappa shape index (κ2) is 6.56. The summed E-state index contributed by atoms with van der Waals surface area (Å²) in [6, 6.07) is 8.92. The molecule has 2 rings (SSSR count). The van der Waals surface area contributed by atoms with E-state index < -0.39 is 10.0 Å². The largest absolute Gasteiger partial charge is 0.304 e. The van der Waals surface area contributed by atoms with Gasteiger partial charge in [0.25, 0.3) is 0 Å². The van der Waals surface area contributed by atoms with E-state index in [1.54, 1.807) is 24.3 Å². The highest BCUT2D eigenvalue weighted by Gasteiger charge is 2.26. The van der Waals surface area contributed by atoms with Gasteiger partial charge in [-0.3, -0.25) is 0 Å². The lowest BCUT2D eigenvalue weighted by Crippen LogP contribution is -2.47. The first-order chi connectivity index (χ1) is 9.92. The van der Waals surface area contributed by atoms with Crippen LogP contribution < -0.4 is 4.72 Å². The standard InChI is InChI=1S/C15H21N3O2S/c1-12-11-14(8-10-18(12)2)17-21(19,20)15-5-3-13(4-6-15)7-9-16/h3-6,12,14,17H,7-8,10-11H2,1-2H3. The van der Waals surface area contributed by atoms with Crippen LogP contribution in [0.25, 0.3) is 0 Å². The molecule has 21 heavy (non-hydrogen) atoms. The van der Waals surface area contributed by atoms with Crippen molar-refractivity contribution in [3.8, 4) is 6.07 Å². The Morgan fingerprint density at radius 2 is 2.05 bits per heavy atom. The molecule has 1 aliphatic heterocycles. The van der Waals surface area contributed by atoms with Gasteiger partial charge in [0, 0.05) is 12.1 Å². The van der Waals surface area contributed by atoms with E-state index in [0.29, 0.717) is 12.5 Å². The maximum Gasteiger partial charge on any atom is 0.240 e. The Hall–Kier alpha value is -1.42. The summed E-state index contributed by atoms with van der Waals surface area (Å²) < 4.78 is 27.5. The molecule has 5 nitrogen and oxygen atoms in total. The number of hydrogen-bond donors (Lipinski definition) is 1. The summed E-state index contributed by atoms with van der Waals surface area (Å²) in [5, 5.41) is 8.63. The van der Waals surface area contributed by atoms with Crippen LogP contribution in [0.15, 0.2) is 29.2 Å². The minimum absolute atomic E-state index is 0.0139. The molecule has 1 fully saturated rings. The van der Waals surface area contributed by atoms with Gasteiger partial charge in [0.15, 0.2) is 0 Å². The summed E-state index contributed by atoms with van der Waals surface area (Å²) in [5.41, 5.74) is 0.823. The molecule has 1 heterocycles. The number of nitrogens with zero attached hydrogens (tertiary/aromatic N) is 2. The zero-order chi connectivity index (χ0) is 15.5. The molecule has 1 aliphatic rings. The average Bonchev–Trinajstić information content (AvgIpc) is 2.44. The van der Waals surface area contributed by atoms with Crippen LogP contribution in [-0.4, -0.2) is 39.0 Å². The third-order valence-corrected chi connectivity index (χ3v) is 5.58. The SMILES string of the molecule is CC1CC(NS(=O)(=O)c2ccc(CC#N)cc2)CCN1C. The quantitative estimate of drug-likeness (QED) is 0.915. The van der Waals surface area contributed by atoms with Crippen LogP contribution in [0.4, 0.5) is 0 Å². The molecule has 0 aromatic heterocycles. The van der Waals surface area contributed by atoms with E-state index in [-0.39, 0.29) is 10.9 Å². The van der Waals surface area contributed by atoms with Gasteiger partial charge < -0.3 is 4.90 Å². The first-order valence-electron chi connectivity index (χ1n) is 7.11. The predicted molar refractivity (Wildman–Crippen MR) is 81.2 cm³/mol. The van der Waals surface area contributed by atoms with Crippen molar-refractivity contribution in [3.63, 3.8) is 0 Å². The molecule has 0 bridgehead atoms. The highest BCUT2D eigenvalue weighted by molar-refractivity contribution is 7.89. The maximum atomic E-state index is 12.4. The Labute approximate surface area is 126 Å². The topological polar surface area (TPSA) is 73.2 Å². The summed E-state index contributed by atoms with van der Waals surface area (Å²) >= 11 is 0. The first-order valence-corrected chi connectivity index (χ1v) is 8.59. The molecular formula is C15H21N3O2S. The van der Waals surface area contributed by atoms with Gasteiger partial charge in [-0.1, -0.05) is 12.1 Å². The number of piperidine rings is 1. The molecule has 1 N–H and O–H groups in total. The molecule has 0 aliphatic carbocycles. The van der Waals surface area contributed by atoms with Crippen LogP contribution in [0, 0.1) is 11.3 Å². The molecular weight excluding hydrogens is 286 g/mol. The van der Waals surface area contributed by atoms with Crippen molar-refractivity contribution in [2.75, 3.05) is 13.6 Å². The Bertz CT molecular complexity index is 619. The van der Waals surface area contributed by atoms with Crippen LogP contribution >= 0.6 is 0 Å². The zero-order valence-corrected chi connectivity index (χ0v) is 13.2. The summed E-state index contributed by atoms with van der Waals surface area (Å²) in [7, 11) is -1.43. The van der Waals surface area contributed by atoms with Crippen LogP contribution in [0.3, 0.4) is 0 Å². The minimum Gasteiger partial charge on any atom is -0.304 e. The van der Waals surface area contributed by atoms with E-state index in [1.165, 1.54) is 0 Å². The number of nitriles is 1. The molecule has 2 atom stereocenters. The lowest BCUT2D eigenvalue weighted by Gasteiger charge is -2.35. The molecule has 1 aromatic rings. The van der Waals surface area contributed by atoms with Crippen LogP contribution in [0.2, 0.25) is 0 Å². The Morgan fingerprint density at radius 3 is 2.62 bits per heavy atom. The van der Waals surface area contributed by atoms with Crippen molar-refractivity contribution < 1.29 is 8.42 Å².